The summed E-state index contributed by atoms with van der Waals surface area (Å²) in [4.78, 5) is 0. The average Bonchev–Trinajstić information content (AvgIpc) is 2.34. The molecule has 1 nitrogen and oxygen atoms in total. The third-order valence-corrected chi connectivity index (χ3v) is 3.54. The maximum atomic E-state index is 10.1. The molecule has 0 aliphatic rings. The van der Waals surface area contributed by atoms with Gasteiger partial charge >= 0.3 is 0 Å². The standard InChI is InChI=1S/C16H32O/c1-4-7-9-10-12-13-15(6-3)16(17)14-11-8-5-2/h6,15-17H,3-5,7-14H2,1-2H3. The van der Waals surface area contributed by atoms with Gasteiger partial charge in [-0.25, -0.2) is 0 Å². The highest BCUT2D eigenvalue weighted by Crippen LogP contribution is 2.20. The van der Waals surface area contributed by atoms with Gasteiger partial charge in [-0.15, -0.1) is 6.58 Å². The Bertz CT molecular complexity index is 165. The van der Waals surface area contributed by atoms with E-state index in [-0.39, 0.29) is 6.10 Å². The Morgan fingerprint density at radius 1 is 0.882 bits per heavy atom. The van der Waals surface area contributed by atoms with Crippen LogP contribution in [0.3, 0.4) is 0 Å². The fraction of sp³-hybridized carbons (Fsp3) is 0.875. The lowest BCUT2D eigenvalue weighted by Gasteiger charge is -2.19. The van der Waals surface area contributed by atoms with Crippen LogP contribution in [0.2, 0.25) is 0 Å². The second-order valence-corrected chi connectivity index (χ2v) is 5.17. The lowest BCUT2D eigenvalue weighted by molar-refractivity contribution is 0.112. The molecule has 0 heterocycles. The molecule has 0 fully saturated rings. The topological polar surface area (TPSA) is 20.2 Å². The highest BCUT2D eigenvalue weighted by atomic mass is 16.3. The van der Waals surface area contributed by atoms with Gasteiger partial charge in [-0.3, -0.25) is 0 Å². The molecule has 0 radical (unpaired) electrons. The van der Waals surface area contributed by atoms with Crippen molar-refractivity contribution >= 4 is 0 Å². The van der Waals surface area contributed by atoms with Gasteiger partial charge in [0.1, 0.15) is 0 Å². The van der Waals surface area contributed by atoms with Crippen molar-refractivity contribution in [2.24, 2.45) is 5.92 Å². The minimum atomic E-state index is -0.162. The number of aliphatic hydroxyl groups excluding tert-OH is 1. The molecule has 1 heteroatoms. The molecule has 102 valence electrons. The van der Waals surface area contributed by atoms with Crippen molar-refractivity contribution in [3.8, 4) is 0 Å². The van der Waals surface area contributed by atoms with Crippen LogP contribution in [-0.4, -0.2) is 11.2 Å². The van der Waals surface area contributed by atoms with Crippen LogP contribution in [0.4, 0.5) is 0 Å². The van der Waals surface area contributed by atoms with Crippen molar-refractivity contribution < 1.29 is 5.11 Å². The molecule has 1 N–H and O–H groups in total. The number of unbranched alkanes of at least 4 members (excludes halogenated alkanes) is 6. The summed E-state index contributed by atoms with van der Waals surface area (Å²) in [6.07, 6.45) is 14.0. The fourth-order valence-corrected chi connectivity index (χ4v) is 2.27. The predicted octanol–water partition coefficient (Wildman–Crippen LogP) is 5.09. The molecule has 0 rings (SSSR count). The molecule has 2 atom stereocenters. The van der Waals surface area contributed by atoms with E-state index in [1.165, 1.54) is 44.9 Å². The van der Waals surface area contributed by atoms with Gasteiger partial charge in [-0.2, -0.15) is 0 Å². The second-order valence-electron chi connectivity index (χ2n) is 5.17. The van der Waals surface area contributed by atoms with Crippen molar-refractivity contribution in [2.45, 2.75) is 84.2 Å². The van der Waals surface area contributed by atoms with Crippen LogP contribution in [0.15, 0.2) is 12.7 Å². The van der Waals surface area contributed by atoms with Crippen LogP contribution < -0.4 is 0 Å². The van der Waals surface area contributed by atoms with E-state index < -0.39 is 0 Å². The first kappa shape index (κ1) is 16.7. The molecule has 2 unspecified atom stereocenters. The summed E-state index contributed by atoms with van der Waals surface area (Å²) < 4.78 is 0. The van der Waals surface area contributed by atoms with Gasteiger partial charge in [-0.05, 0) is 12.8 Å². The number of hydrogen-bond donors (Lipinski definition) is 1. The number of rotatable bonds is 12. The SMILES string of the molecule is C=CC(CCCCCCC)C(O)CCCCC. The Morgan fingerprint density at radius 2 is 1.41 bits per heavy atom. The van der Waals surface area contributed by atoms with E-state index >= 15 is 0 Å². The Labute approximate surface area is 108 Å². The van der Waals surface area contributed by atoms with E-state index in [9.17, 15) is 5.11 Å². The predicted molar refractivity (Wildman–Crippen MR) is 77.2 cm³/mol. The van der Waals surface area contributed by atoms with Crippen LogP contribution in [0, 0.1) is 5.92 Å². The van der Waals surface area contributed by atoms with Gasteiger partial charge < -0.3 is 5.11 Å². The largest absolute Gasteiger partial charge is 0.393 e. The molecular weight excluding hydrogens is 208 g/mol. The molecule has 0 aromatic carbocycles. The summed E-state index contributed by atoms with van der Waals surface area (Å²) in [5.41, 5.74) is 0. The molecule has 0 spiro atoms. The van der Waals surface area contributed by atoms with E-state index in [4.69, 9.17) is 0 Å². The molecule has 0 aliphatic carbocycles. The maximum Gasteiger partial charge on any atom is 0.0602 e. The minimum absolute atomic E-state index is 0.162. The molecule has 17 heavy (non-hydrogen) atoms. The lowest BCUT2D eigenvalue weighted by Crippen LogP contribution is -2.18. The zero-order chi connectivity index (χ0) is 12.9. The lowest BCUT2D eigenvalue weighted by atomic mass is 9.92. The summed E-state index contributed by atoms with van der Waals surface area (Å²) in [6.45, 7) is 8.31. The van der Waals surface area contributed by atoms with Crippen molar-refractivity contribution in [1.29, 1.82) is 0 Å². The van der Waals surface area contributed by atoms with Gasteiger partial charge in [0.05, 0.1) is 6.10 Å². The Kier molecular flexibility index (Phi) is 12.0. The van der Waals surface area contributed by atoms with Crippen LogP contribution in [-0.2, 0) is 0 Å². The summed E-state index contributed by atoms with van der Waals surface area (Å²) in [5.74, 6) is 0.313. The first-order chi connectivity index (χ1) is 8.26. The van der Waals surface area contributed by atoms with Crippen molar-refractivity contribution in [1.82, 2.24) is 0 Å². The van der Waals surface area contributed by atoms with Gasteiger partial charge in [-0.1, -0.05) is 71.3 Å². The van der Waals surface area contributed by atoms with E-state index in [0.717, 1.165) is 19.3 Å². The van der Waals surface area contributed by atoms with Crippen molar-refractivity contribution in [3.63, 3.8) is 0 Å². The molecule has 0 aliphatic heterocycles. The fourth-order valence-electron chi connectivity index (χ4n) is 2.27. The zero-order valence-corrected chi connectivity index (χ0v) is 12.0. The monoisotopic (exact) mass is 240 g/mol. The quantitative estimate of drug-likeness (QED) is 0.372. The maximum absolute atomic E-state index is 10.1. The molecule has 0 aromatic heterocycles. The first-order valence-corrected chi connectivity index (χ1v) is 7.56. The molecule has 0 bridgehead atoms. The Balaban J connectivity index is 3.62. The summed E-state index contributed by atoms with van der Waals surface area (Å²) in [7, 11) is 0. The van der Waals surface area contributed by atoms with Gasteiger partial charge in [0.15, 0.2) is 0 Å². The van der Waals surface area contributed by atoms with Gasteiger partial charge in [0.25, 0.3) is 0 Å². The molecule has 0 aromatic rings. The third kappa shape index (κ3) is 9.41. The number of aliphatic hydroxyl groups is 1. The van der Waals surface area contributed by atoms with Crippen LogP contribution >= 0.6 is 0 Å². The van der Waals surface area contributed by atoms with E-state index in [1.54, 1.807) is 0 Å². The molecule has 0 amide bonds. The summed E-state index contributed by atoms with van der Waals surface area (Å²) in [5, 5.41) is 10.1. The van der Waals surface area contributed by atoms with Crippen LogP contribution in [0.5, 0.6) is 0 Å². The number of hydrogen-bond acceptors (Lipinski definition) is 1. The highest BCUT2D eigenvalue weighted by molar-refractivity contribution is 4.84. The first-order valence-electron chi connectivity index (χ1n) is 7.56. The van der Waals surface area contributed by atoms with E-state index in [2.05, 4.69) is 20.4 Å². The van der Waals surface area contributed by atoms with Gasteiger partial charge in [0, 0.05) is 5.92 Å². The van der Waals surface area contributed by atoms with Crippen LogP contribution in [0.25, 0.3) is 0 Å². The van der Waals surface area contributed by atoms with E-state index in [1.807, 2.05) is 6.08 Å². The normalized spacial score (nSPS) is 14.5. The second kappa shape index (κ2) is 12.2. The average molecular weight is 240 g/mol. The smallest absolute Gasteiger partial charge is 0.0602 e. The van der Waals surface area contributed by atoms with Crippen molar-refractivity contribution in [2.75, 3.05) is 0 Å². The minimum Gasteiger partial charge on any atom is -0.393 e. The molecule has 0 saturated heterocycles. The summed E-state index contributed by atoms with van der Waals surface area (Å²) in [6, 6.07) is 0. The molecular formula is C16H32O. The summed E-state index contributed by atoms with van der Waals surface area (Å²) >= 11 is 0. The van der Waals surface area contributed by atoms with Gasteiger partial charge in [0.2, 0.25) is 0 Å². The molecule has 0 saturated carbocycles. The highest BCUT2D eigenvalue weighted by Gasteiger charge is 2.14. The Hall–Kier alpha value is -0.300. The van der Waals surface area contributed by atoms with E-state index in [0.29, 0.717) is 5.92 Å². The zero-order valence-electron chi connectivity index (χ0n) is 12.0. The third-order valence-electron chi connectivity index (χ3n) is 3.54. The Morgan fingerprint density at radius 3 is 2.00 bits per heavy atom. The van der Waals surface area contributed by atoms with Crippen molar-refractivity contribution in [3.05, 3.63) is 12.7 Å². The van der Waals surface area contributed by atoms with Crippen LogP contribution in [0.1, 0.15) is 78.1 Å².